The summed E-state index contributed by atoms with van der Waals surface area (Å²) in [6.07, 6.45) is 15.9. The third kappa shape index (κ3) is 3.16. The Kier molecular flexibility index (Phi) is 3.83. The predicted octanol–water partition coefficient (Wildman–Crippen LogP) is 2.85. The molecule has 1 aliphatic carbocycles. The number of hydrogen-bond donors (Lipinski definition) is 1. The number of rotatable bonds is 3. The van der Waals surface area contributed by atoms with Gasteiger partial charge < -0.3 is 5.73 Å². The summed E-state index contributed by atoms with van der Waals surface area (Å²) in [5.74, 6) is 0. The highest BCUT2D eigenvalue weighted by atomic mass is 14.6. The molecule has 0 saturated heterocycles. The summed E-state index contributed by atoms with van der Waals surface area (Å²) >= 11 is 0. The van der Waals surface area contributed by atoms with Crippen molar-refractivity contribution in [3.8, 4) is 0 Å². The zero-order valence-corrected chi connectivity index (χ0v) is 7.74. The van der Waals surface area contributed by atoms with Crippen LogP contribution in [0.2, 0.25) is 0 Å². The molecular weight excluding hydrogens is 158 g/mol. The highest BCUT2D eigenvalue weighted by molar-refractivity contribution is 5.40. The van der Waals surface area contributed by atoms with Crippen molar-refractivity contribution in [2.24, 2.45) is 5.73 Å². The van der Waals surface area contributed by atoms with Gasteiger partial charge in [0, 0.05) is 5.70 Å². The third-order valence-corrected chi connectivity index (χ3v) is 1.86. The van der Waals surface area contributed by atoms with E-state index in [1.807, 2.05) is 24.3 Å². The summed E-state index contributed by atoms with van der Waals surface area (Å²) in [5, 5.41) is 0. The van der Waals surface area contributed by atoms with Crippen LogP contribution in [0.15, 0.2) is 60.4 Å². The van der Waals surface area contributed by atoms with Gasteiger partial charge in [0.1, 0.15) is 0 Å². The monoisotopic (exact) mass is 173 g/mol. The molecule has 0 bridgehead atoms. The van der Waals surface area contributed by atoms with Crippen molar-refractivity contribution in [3.05, 3.63) is 60.4 Å². The van der Waals surface area contributed by atoms with Crippen LogP contribution in [0.1, 0.15) is 12.8 Å². The van der Waals surface area contributed by atoms with Crippen LogP contribution >= 0.6 is 0 Å². The van der Waals surface area contributed by atoms with E-state index in [2.05, 4.69) is 18.7 Å². The molecule has 0 aromatic carbocycles. The quantitative estimate of drug-likeness (QED) is 0.652. The molecular formula is C12H15N. The van der Waals surface area contributed by atoms with Crippen molar-refractivity contribution in [1.82, 2.24) is 0 Å². The minimum absolute atomic E-state index is 0.884. The summed E-state index contributed by atoms with van der Waals surface area (Å²) in [6, 6.07) is 0. The van der Waals surface area contributed by atoms with Crippen molar-refractivity contribution < 1.29 is 0 Å². The number of allylic oxidation sites excluding steroid dienone is 7. The lowest BCUT2D eigenvalue weighted by Crippen LogP contribution is -2.02. The minimum atomic E-state index is 0.884. The average molecular weight is 173 g/mol. The largest absolute Gasteiger partial charge is 0.399 e. The first kappa shape index (κ1) is 9.59. The van der Waals surface area contributed by atoms with Gasteiger partial charge in [-0.25, -0.2) is 0 Å². The first-order valence-electron chi connectivity index (χ1n) is 4.46. The zero-order chi connectivity index (χ0) is 9.52. The van der Waals surface area contributed by atoms with E-state index in [0.717, 1.165) is 24.1 Å². The lowest BCUT2D eigenvalue weighted by molar-refractivity contribution is 0.994. The van der Waals surface area contributed by atoms with Crippen LogP contribution in [0.4, 0.5) is 0 Å². The summed E-state index contributed by atoms with van der Waals surface area (Å²) in [7, 11) is 0. The van der Waals surface area contributed by atoms with E-state index in [4.69, 9.17) is 5.73 Å². The van der Waals surface area contributed by atoms with Gasteiger partial charge in [0.15, 0.2) is 0 Å². The van der Waals surface area contributed by atoms with E-state index in [9.17, 15) is 0 Å². The van der Waals surface area contributed by atoms with Gasteiger partial charge in [-0.15, -0.1) is 0 Å². The van der Waals surface area contributed by atoms with E-state index in [1.165, 1.54) is 0 Å². The molecule has 1 heteroatoms. The normalized spacial score (nSPS) is 17.5. The molecule has 1 aliphatic rings. The second-order valence-electron chi connectivity index (χ2n) is 2.88. The SMILES string of the molecule is C=C/C=C/C=C\C1=CCCC=C1N. The van der Waals surface area contributed by atoms with Gasteiger partial charge >= 0.3 is 0 Å². The Bertz CT molecular complexity index is 290. The molecule has 68 valence electrons. The Morgan fingerprint density at radius 1 is 1.15 bits per heavy atom. The molecule has 0 unspecified atom stereocenters. The van der Waals surface area contributed by atoms with Gasteiger partial charge in [-0.2, -0.15) is 0 Å². The maximum atomic E-state index is 5.79. The van der Waals surface area contributed by atoms with Crippen LogP contribution in [-0.4, -0.2) is 0 Å². The van der Waals surface area contributed by atoms with Crippen LogP contribution in [-0.2, 0) is 0 Å². The predicted molar refractivity (Wildman–Crippen MR) is 58.1 cm³/mol. The van der Waals surface area contributed by atoms with Gasteiger partial charge in [0.2, 0.25) is 0 Å². The molecule has 0 radical (unpaired) electrons. The summed E-state index contributed by atoms with van der Waals surface area (Å²) < 4.78 is 0. The molecule has 0 saturated carbocycles. The fourth-order valence-corrected chi connectivity index (χ4v) is 1.18. The van der Waals surface area contributed by atoms with Gasteiger partial charge in [0.25, 0.3) is 0 Å². The lowest BCUT2D eigenvalue weighted by Gasteiger charge is -2.07. The van der Waals surface area contributed by atoms with Crippen LogP contribution in [0.25, 0.3) is 0 Å². The third-order valence-electron chi connectivity index (χ3n) is 1.86. The van der Waals surface area contributed by atoms with Crippen molar-refractivity contribution in [3.63, 3.8) is 0 Å². The van der Waals surface area contributed by atoms with E-state index in [1.54, 1.807) is 6.08 Å². The molecule has 2 N–H and O–H groups in total. The fraction of sp³-hybridized carbons (Fsp3) is 0.167. The van der Waals surface area contributed by atoms with Gasteiger partial charge in [-0.3, -0.25) is 0 Å². The molecule has 0 atom stereocenters. The van der Waals surface area contributed by atoms with Crippen LogP contribution < -0.4 is 5.73 Å². The molecule has 0 heterocycles. The first-order valence-corrected chi connectivity index (χ1v) is 4.46. The zero-order valence-electron chi connectivity index (χ0n) is 7.74. The first-order chi connectivity index (χ1) is 6.34. The molecule has 1 nitrogen and oxygen atoms in total. The Balaban J connectivity index is 2.58. The second-order valence-corrected chi connectivity index (χ2v) is 2.88. The van der Waals surface area contributed by atoms with Crippen molar-refractivity contribution in [2.75, 3.05) is 0 Å². The molecule has 0 aromatic heterocycles. The molecule has 0 fully saturated rings. The fourth-order valence-electron chi connectivity index (χ4n) is 1.18. The molecule has 1 rings (SSSR count). The van der Waals surface area contributed by atoms with Gasteiger partial charge in [-0.1, -0.05) is 49.1 Å². The molecule has 0 spiro atoms. The highest BCUT2D eigenvalue weighted by Crippen LogP contribution is 2.15. The van der Waals surface area contributed by atoms with E-state index < -0.39 is 0 Å². The Labute approximate surface area is 79.6 Å². The van der Waals surface area contributed by atoms with E-state index in [0.29, 0.717) is 0 Å². The topological polar surface area (TPSA) is 26.0 Å². The molecule has 0 aromatic rings. The van der Waals surface area contributed by atoms with E-state index in [-0.39, 0.29) is 0 Å². The number of hydrogen-bond acceptors (Lipinski definition) is 1. The van der Waals surface area contributed by atoms with Crippen molar-refractivity contribution in [1.29, 1.82) is 0 Å². The van der Waals surface area contributed by atoms with Crippen LogP contribution in [0, 0.1) is 0 Å². The highest BCUT2D eigenvalue weighted by Gasteiger charge is 1.99. The Hall–Kier alpha value is -1.50. The standard InChI is InChI=1S/C12H15N/c1-2-3-4-5-8-11-9-6-7-10-12(11)13/h2-5,8-10H,1,6-7,13H2/b4-3+,8-5-. The smallest absolute Gasteiger partial charge is 0.0343 e. The minimum Gasteiger partial charge on any atom is -0.399 e. The average Bonchev–Trinajstić information content (AvgIpc) is 2.15. The molecule has 13 heavy (non-hydrogen) atoms. The maximum Gasteiger partial charge on any atom is 0.0343 e. The Morgan fingerprint density at radius 3 is 2.62 bits per heavy atom. The molecule has 0 aliphatic heterocycles. The summed E-state index contributed by atoms with van der Waals surface area (Å²) in [4.78, 5) is 0. The lowest BCUT2D eigenvalue weighted by atomic mass is 10.0. The molecule has 0 amide bonds. The van der Waals surface area contributed by atoms with Crippen molar-refractivity contribution in [2.45, 2.75) is 12.8 Å². The van der Waals surface area contributed by atoms with E-state index >= 15 is 0 Å². The van der Waals surface area contributed by atoms with Crippen LogP contribution in [0.5, 0.6) is 0 Å². The second kappa shape index (κ2) is 5.20. The summed E-state index contributed by atoms with van der Waals surface area (Å²) in [6.45, 7) is 3.59. The number of nitrogens with two attached hydrogens (primary N) is 1. The van der Waals surface area contributed by atoms with Crippen LogP contribution in [0.3, 0.4) is 0 Å². The Morgan fingerprint density at radius 2 is 1.92 bits per heavy atom. The van der Waals surface area contributed by atoms with Gasteiger partial charge in [0.05, 0.1) is 0 Å². The maximum absolute atomic E-state index is 5.79. The summed E-state index contributed by atoms with van der Waals surface area (Å²) in [5.41, 5.74) is 7.80. The van der Waals surface area contributed by atoms with Crippen molar-refractivity contribution >= 4 is 0 Å². The van der Waals surface area contributed by atoms with Gasteiger partial charge in [-0.05, 0) is 18.4 Å².